The van der Waals surface area contributed by atoms with Crippen LogP contribution in [-0.4, -0.2) is 5.16 Å². The first-order valence-corrected chi connectivity index (χ1v) is 4.99. The molecule has 0 radical (unpaired) electrons. The van der Waals surface area contributed by atoms with Crippen LogP contribution in [-0.2, 0) is 6.18 Å². The maximum absolute atomic E-state index is 12.4. The van der Waals surface area contributed by atoms with E-state index in [1.807, 2.05) is 26.0 Å². The Hall–Kier alpha value is -1.78. The van der Waals surface area contributed by atoms with Gasteiger partial charge in [0.1, 0.15) is 0 Å². The molecular weight excluding hydrogens is 231 g/mol. The summed E-state index contributed by atoms with van der Waals surface area (Å²) in [5, 5.41) is 3.03. The van der Waals surface area contributed by atoms with Crippen LogP contribution in [0.4, 0.5) is 13.2 Å². The highest BCUT2D eigenvalue weighted by Crippen LogP contribution is 2.32. The van der Waals surface area contributed by atoms with Gasteiger partial charge in [-0.3, -0.25) is 0 Å². The van der Waals surface area contributed by atoms with Gasteiger partial charge in [0.05, 0.1) is 0 Å². The molecule has 0 spiro atoms. The molecule has 90 valence electrons. The Morgan fingerprint density at radius 3 is 2.41 bits per heavy atom. The van der Waals surface area contributed by atoms with Crippen molar-refractivity contribution in [3.8, 4) is 11.3 Å². The van der Waals surface area contributed by atoms with Gasteiger partial charge in [0.25, 0.3) is 0 Å². The lowest BCUT2D eigenvalue weighted by Gasteiger charge is -2.02. The van der Waals surface area contributed by atoms with Crippen LogP contribution in [0.25, 0.3) is 11.3 Å². The Morgan fingerprint density at radius 1 is 1.12 bits per heavy atom. The molecule has 1 aromatic carbocycles. The van der Waals surface area contributed by atoms with Crippen molar-refractivity contribution in [2.45, 2.75) is 20.0 Å². The third-order valence-electron chi connectivity index (χ3n) is 2.46. The summed E-state index contributed by atoms with van der Waals surface area (Å²) < 4.78 is 41.9. The van der Waals surface area contributed by atoms with Gasteiger partial charge in [-0.05, 0) is 25.5 Å². The van der Waals surface area contributed by atoms with Crippen LogP contribution in [0.3, 0.4) is 0 Å². The van der Waals surface area contributed by atoms with E-state index in [9.17, 15) is 13.2 Å². The van der Waals surface area contributed by atoms with Crippen LogP contribution in [0.1, 0.15) is 16.8 Å². The largest absolute Gasteiger partial charge is 0.436 e. The van der Waals surface area contributed by atoms with Crippen molar-refractivity contribution in [1.82, 2.24) is 5.16 Å². The maximum atomic E-state index is 12.4. The minimum Gasteiger partial charge on any atom is -0.356 e. The van der Waals surface area contributed by atoms with Crippen LogP contribution in [0.15, 0.2) is 28.8 Å². The van der Waals surface area contributed by atoms with Crippen molar-refractivity contribution in [3.05, 3.63) is 41.1 Å². The van der Waals surface area contributed by atoms with Gasteiger partial charge in [0.15, 0.2) is 11.5 Å². The zero-order valence-electron chi connectivity index (χ0n) is 9.30. The van der Waals surface area contributed by atoms with Crippen molar-refractivity contribution in [1.29, 1.82) is 0 Å². The van der Waals surface area contributed by atoms with Crippen LogP contribution in [0.2, 0.25) is 0 Å². The highest BCUT2D eigenvalue weighted by Gasteiger charge is 2.35. The number of hydrogen-bond acceptors (Lipinski definition) is 2. The molecule has 0 saturated carbocycles. The fourth-order valence-electron chi connectivity index (χ4n) is 1.54. The van der Waals surface area contributed by atoms with E-state index in [1.54, 1.807) is 6.07 Å². The molecule has 17 heavy (non-hydrogen) atoms. The molecule has 0 atom stereocenters. The fourth-order valence-corrected chi connectivity index (χ4v) is 1.54. The maximum Gasteiger partial charge on any atom is 0.436 e. The van der Waals surface area contributed by atoms with E-state index in [2.05, 4.69) is 5.16 Å². The number of hydrogen-bond donors (Lipinski definition) is 0. The molecule has 2 rings (SSSR count). The van der Waals surface area contributed by atoms with E-state index < -0.39 is 11.9 Å². The van der Waals surface area contributed by atoms with E-state index in [1.165, 1.54) is 0 Å². The lowest BCUT2D eigenvalue weighted by Crippen LogP contribution is -2.04. The predicted octanol–water partition coefficient (Wildman–Crippen LogP) is 3.98. The molecule has 1 heterocycles. The van der Waals surface area contributed by atoms with Gasteiger partial charge in [0.2, 0.25) is 0 Å². The Bertz CT molecular complexity index is 543. The molecule has 0 saturated heterocycles. The molecule has 0 N–H and O–H groups in total. The highest BCUT2D eigenvalue weighted by molar-refractivity contribution is 5.63. The molecule has 2 aromatic rings. The second kappa shape index (κ2) is 3.91. The molecule has 0 unspecified atom stereocenters. The number of benzene rings is 1. The quantitative estimate of drug-likeness (QED) is 0.754. The van der Waals surface area contributed by atoms with Crippen molar-refractivity contribution < 1.29 is 17.7 Å². The molecule has 5 heteroatoms. The molecule has 0 aliphatic carbocycles. The van der Waals surface area contributed by atoms with Crippen molar-refractivity contribution >= 4 is 0 Å². The summed E-state index contributed by atoms with van der Waals surface area (Å²) in [6.45, 7) is 3.68. The summed E-state index contributed by atoms with van der Waals surface area (Å²) in [5.41, 5.74) is 1.43. The van der Waals surface area contributed by atoms with Gasteiger partial charge < -0.3 is 4.52 Å². The lowest BCUT2D eigenvalue weighted by molar-refractivity contribution is -0.142. The first-order chi connectivity index (χ1) is 7.88. The molecule has 0 aliphatic rings. The summed E-state index contributed by atoms with van der Waals surface area (Å²) in [4.78, 5) is 0. The summed E-state index contributed by atoms with van der Waals surface area (Å²) in [5.74, 6) is 0.138. The second-order valence-corrected chi connectivity index (χ2v) is 3.89. The van der Waals surface area contributed by atoms with E-state index in [4.69, 9.17) is 4.52 Å². The third kappa shape index (κ3) is 2.33. The summed E-state index contributed by atoms with van der Waals surface area (Å²) in [7, 11) is 0. The van der Waals surface area contributed by atoms with E-state index in [0.717, 1.165) is 17.2 Å². The van der Waals surface area contributed by atoms with Crippen LogP contribution < -0.4 is 0 Å². The monoisotopic (exact) mass is 241 g/mol. The number of alkyl halides is 3. The van der Waals surface area contributed by atoms with Gasteiger partial charge in [-0.2, -0.15) is 13.2 Å². The topological polar surface area (TPSA) is 26.0 Å². The average molecular weight is 241 g/mol. The summed E-state index contributed by atoms with van der Waals surface area (Å²) in [6.07, 6.45) is -4.47. The molecule has 2 nitrogen and oxygen atoms in total. The van der Waals surface area contributed by atoms with Gasteiger partial charge in [0, 0.05) is 11.6 Å². The van der Waals surface area contributed by atoms with Gasteiger partial charge >= 0.3 is 6.18 Å². The van der Waals surface area contributed by atoms with Gasteiger partial charge in [-0.15, -0.1) is 0 Å². The van der Waals surface area contributed by atoms with E-state index in [-0.39, 0.29) is 5.76 Å². The second-order valence-electron chi connectivity index (χ2n) is 3.89. The highest BCUT2D eigenvalue weighted by atomic mass is 19.4. The average Bonchev–Trinajstić information content (AvgIpc) is 2.70. The first kappa shape index (κ1) is 11.7. The van der Waals surface area contributed by atoms with E-state index in [0.29, 0.717) is 5.56 Å². The molecule has 1 aromatic heterocycles. The lowest BCUT2D eigenvalue weighted by atomic mass is 10.0. The third-order valence-corrected chi connectivity index (χ3v) is 2.46. The zero-order valence-corrected chi connectivity index (χ0v) is 9.30. The number of aromatic nitrogens is 1. The smallest absolute Gasteiger partial charge is 0.356 e. The Balaban J connectivity index is 2.47. The van der Waals surface area contributed by atoms with Crippen molar-refractivity contribution in [2.24, 2.45) is 0 Å². The summed E-state index contributed by atoms with van der Waals surface area (Å²) in [6, 6.07) is 6.41. The van der Waals surface area contributed by atoms with Gasteiger partial charge in [-0.1, -0.05) is 22.9 Å². The number of halogens is 3. The molecule has 0 fully saturated rings. The van der Waals surface area contributed by atoms with E-state index >= 15 is 0 Å². The first-order valence-electron chi connectivity index (χ1n) is 4.99. The Morgan fingerprint density at radius 2 is 1.82 bits per heavy atom. The van der Waals surface area contributed by atoms with Crippen LogP contribution >= 0.6 is 0 Å². The minimum atomic E-state index is -4.47. The summed E-state index contributed by atoms with van der Waals surface area (Å²) >= 11 is 0. The van der Waals surface area contributed by atoms with Crippen LogP contribution in [0, 0.1) is 13.8 Å². The number of rotatable bonds is 1. The normalized spacial score (nSPS) is 11.8. The molecule has 0 aliphatic heterocycles. The standard InChI is InChI=1S/C12H10F3NO/c1-7-3-4-8(2)9(5-7)10-6-11(16-17-10)12(13,14)15/h3-6H,1-2H3. The predicted molar refractivity (Wildman–Crippen MR) is 56.4 cm³/mol. The molecule has 0 amide bonds. The SMILES string of the molecule is Cc1ccc(C)c(-c2cc(C(F)(F)F)no2)c1. The molecular formula is C12H10F3NO. The Kier molecular flexibility index (Phi) is 2.69. The van der Waals surface area contributed by atoms with Crippen molar-refractivity contribution in [2.75, 3.05) is 0 Å². The fraction of sp³-hybridized carbons (Fsp3) is 0.250. The number of nitrogens with zero attached hydrogens (tertiary/aromatic N) is 1. The van der Waals surface area contributed by atoms with Gasteiger partial charge in [-0.25, -0.2) is 0 Å². The van der Waals surface area contributed by atoms with Crippen LogP contribution in [0.5, 0.6) is 0 Å². The number of aryl methyl sites for hydroxylation is 2. The minimum absolute atomic E-state index is 0.138. The Labute approximate surface area is 96.0 Å². The zero-order chi connectivity index (χ0) is 12.6. The molecule has 0 bridgehead atoms. The van der Waals surface area contributed by atoms with Crippen molar-refractivity contribution in [3.63, 3.8) is 0 Å².